The van der Waals surface area contributed by atoms with Crippen LogP contribution in [-0.2, 0) is 4.79 Å². The maximum atomic E-state index is 12.5. The first-order valence-electron chi connectivity index (χ1n) is 11.0. The van der Waals surface area contributed by atoms with E-state index in [1.807, 2.05) is 0 Å². The fraction of sp³-hybridized carbons (Fsp3) is 0.385. The van der Waals surface area contributed by atoms with Crippen molar-refractivity contribution in [1.82, 2.24) is 0 Å². The molecule has 1 saturated carbocycles. The topological polar surface area (TPSA) is 61.8 Å². The van der Waals surface area contributed by atoms with Crippen LogP contribution in [-0.4, -0.2) is 18.5 Å². The Hall–Kier alpha value is -3.08. The van der Waals surface area contributed by atoms with Gasteiger partial charge in [0.15, 0.2) is 0 Å². The summed E-state index contributed by atoms with van der Waals surface area (Å²) in [6.07, 6.45) is 8.08. The van der Waals surface area contributed by atoms with Gasteiger partial charge in [-0.1, -0.05) is 32.4 Å². The lowest BCUT2D eigenvalue weighted by Gasteiger charge is -2.26. The first kappa shape index (κ1) is 22.6. The Morgan fingerprint density at radius 2 is 1.48 bits per heavy atom. The summed E-state index contributed by atoms with van der Waals surface area (Å²) in [6, 6.07) is 13.3. The van der Waals surface area contributed by atoms with Gasteiger partial charge in [0, 0.05) is 0 Å². The van der Waals surface area contributed by atoms with Crippen LogP contribution >= 0.6 is 0 Å². The van der Waals surface area contributed by atoms with E-state index in [1.165, 1.54) is 12.8 Å². The van der Waals surface area contributed by atoms with E-state index >= 15 is 0 Å². The van der Waals surface area contributed by atoms with Crippen LogP contribution in [0.15, 0.2) is 61.2 Å². The second-order valence-electron chi connectivity index (χ2n) is 7.91. The summed E-state index contributed by atoms with van der Waals surface area (Å²) < 4.78 is 16.3. The van der Waals surface area contributed by atoms with Crippen molar-refractivity contribution in [3.05, 3.63) is 66.7 Å². The molecule has 2 aromatic carbocycles. The Morgan fingerprint density at radius 1 is 0.903 bits per heavy atom. The molecule has 0 N–H and O–H groups in total. The molecule has 5 nitrogen and oxygen atoms in total. The zero-order valence-corrected chi connectivity index (χ0v) is 18.0. The average Bonchev–Trinajstić information content (AvgIpc) is 2.80. The van der Waals surface area contributed by atoms with E-state index in [4.69, 9.17) is 14.2 Å². The van der Waals surface area contributed by atoms with E-state index < -0.39 is 5.97 Å². The van der Waals surface area contributed by atoms with Crippen molar-refractivity contribution in [1.29, 1.82) is 0 Å². The third-order valence-corrected chi connectivity index (χ3v) is 5.59. The molecule has 5 heteroatoms. The van der Waals surface area contributed by atoms with Gasteiger partial charge in [0.1, 0.15) is 23.9 Å². The number of hydrogen-bond donors (Lipinski definition) is 0. The minimum absolute atomic E-state index is 0.0313. The molecular formula is C26H30O5. The van der Waals surface area contributed by atoms with Crippen LogP contribution in [0.4, 0.5) is 0 Å². The summed E-state index contributed by atoms with van der Waals surface area (Å²) in [6.45, 7) is 6.22. The Morgan fingerprint density at radius 3 is 2.10 bits per heavy atom. The lowest BCUT2D eigenvalue weighted by atomic mass is 9.80. The van der Waals surface area contributed by atoms with Crippen molar-refractivity contribution < 1.29 is 23.8 Å². The molecule has 164 valence electrons. The van der Waals surface area contributed by atoms with Crippen LogP contribution in [0.25, 0.3) is 0 Å². The van der Waals surface area contributed by atoms with Crippen LogP contribution in [0.1, 0.15) is 55.8 Å². The van der Waals surface area contributed by atoms with Gasteiger partial charge in [0.2, 0.25) is 0 Å². The first-order chi connectivity index (χ1) is 15.1. The highest BCUT2D eigenvalue weighted by Gasteiger charge is 2.27. The molecule has 1 fully saturated rings. The van der Waals surface area contributed by atoms with Crippen LogP contribution < -0.4 is 14.2 Å². The summed E-state index contributed by atoms with van der Waals surface area (Å²) in [4.78, 5) is 24.8. The minimum atomic E-state index is -0.480. The second-order valence-corrected chi connectivity index (χ2v) is 7.91. The van der Waals surface area contributed by atoms with Crippen molar-refractivity contribution in [3.63, 3.8) is 0 Å². The van der Waals surface area contributed by atoms with Gasteiger partial charge < -0.3 is 14.2 Å². The molecule has 1 aliphatic carbocycles. The van der Waals surface area contributed by atoms with Gasteiger partial charge in [-0.05, 0) is 80.1 Å². The van der Waals surface area contributed by atoms with Crippen molar-refractivity contribution in [2.45, 2.75) is 45.4 Å². The van der Waals surface area contributed by atoms with E-state index in [2.05, 4.69) is 13.5 Å². The fourth-order valence-corrected chi connectivity index (χ4v) is 3.88. The summed E-state index contributed by atoms with van der Waals surface area (Å²) in [5.74, 6) is 1.60. The Kier molecular flexibility index (Phi) is 8.27. The predicted octanol–water partition coefficient (Wildman–Crippen LogP) is 5.98. The molecule has 0 atom stereocenters. The van der Waals surface area contributed by atoms with Crippen LogP contribution in [0.5, 0.6) is 17.2 Å². The molecule has 0 bridgehead atoms. The Bertz CT molecular complexity index is 862. The highest BCUT2D eigenvalue weighted by Crippen LogP contribution is 2.32. The minimum Gasteiger partial charge on any atom is -0.490 e. The second kappa shape index (κ2) is 11.3. The molecule has 0 unspecified atom stereocenters. The number of benzene rings is 2. The molecule has 0 radical (unpaired) electrons. The van der Waals surface area contributed by atoms with Crippen molar-refractivity contribution in [2.24, 2.45) is 11.8 Å². The summed E-state index contributed by atoms with van der Waals surface area (Å²) in [7, 11) is 0. The van der Waals surface area contributed by atoms with Crippen LogP contribution in [0.2, 0.25) is 0 Å². The van der Waals surface area contributed by atoms with Gasteiger partial charge in [-0.15, -0.1) is 0 Å². The van der Waals surface area contributed by atoms with Crippen LogP contribution in [0, 0.1) is 11.8 Å². The standard InChI is InChI=1S/C26H30O5/c1-3-5-19-6-8-20(9-7-19)25(27)30-23-12-10-21(11-13-23)26(28)31-24-16-14-22(15-17-24)29-18-4-2/h4,10-17,19-20H,2-3,5-9,18H2,1H3/t19-,20-. The van der Waals surface area contributed by atoms with Gasteiger partial charge in [-0.2, -0.15) is 0 Å². The molecule has 0 amide bonds. The summed E-state index contributed by atoms with van der Waals surface area (Å²) >= 11 is 0. The van der Waals surface area contributed by atoms with Gasteiger partial charge in [0.05, 0.1) is 11.5 Å². The van der Waals surface area contributed by atoms with Crippen molar-refractivity contribution in [3.8, 4) is 17.2 Å². The van der Waals surface area contributed by atoms with Gasteiger partial charge in [-0.3, -0.25) is 4.79 Å². The number of esters is 2. The molecule has 0 spiro atoms. The molecule has 0 aromatic heterocycles. The average molecular weight is 423 g/mol. The molecule has 0 saturated heterocycles. The highest BCUT2D eigenvalue weighted by molar-refractivity contribution is 5.91. The number of ether oxygens (including phenoxy) is 3. The number of carbonyl (C=O) groups is 2. The summed E-state index contributed by atoms with van der Waals surface area (Å²) in [5, 5.41) is 0. The third-order valence-electron chi connectivity index (χ3n) is 5.59. The monoisotopic (exact) mass is 422 g/mol. The Labute approximate surface area is 184 Å². The maximum absolute atomic E-state index is 12.5. The number of rotatable bonds is 9. The third kappa shape index (κ3) is 6.71. The smallest absolute Gasteiger partial charge is 0.343 e. The molecule has 1 aliphatic rings. The van der Waals surface area contributed by atoms with Gasteiger partial charge >= 0.3 is 11.9 Å². The van der Waals surface area contributed by atoms with E-state index in [0.29, 0.717) is 29.4 Å². The van der Waals surface area contributed by atoms with Gasteiger partial charge in [-0.25, -0.2) is 4.79 Å². The molecular weight excluding hydrogens is 392 g/mol. The molecule has 2 aromatic rings. The highest BCUT2D eigenvalue weighted by atomic mass is 16.5. The lowest BCUT2D eigenvalue weighted by molar-refractivity contribution is -0.140. The number of hydrogen-bond acceptors (Lipinski definition) is 5. The van der Waals surface area contributed by atoms with Crippen molar-refractivity contribution in [2.75, 3.05) is 6.61 Å². The predicted molar refractivity (Wildman–Crippen MR) is 120 cm³/mol. The number of carbonyl (C=O) groups excluding carboxylic acids is 2. The van der Waals surface area contributed by atoms with E-state index in [-0.39, 0.29) is 11.9 Å². The molecule has 0 aliphatic heterocycles. The fourth-order valence-electron chi connectivity index (χ4n) is 3.88. The molecule has 0 heterocycles. The zero-order chi connectivity index (χ0) is 22.1. The summed E-state index contributed by atoms with van der Waals surface area (Å²) in [5.41, 5.74) is 0.381. The zero-order valence-electron chi connectivity index (χ0n) is 18.0. The van der Waals surface area contributed by atoms with E-state index in [0.717, 1.165) is 31.6 Å². The Balaban J connectivity index is 1.49. The van der Waals surface area contributed by atoms with Gasteiger partial charge in [0.25, 0.3) is 0 Å². The normalized spacial score (nSPS) is 18.1. The maximum Gasteiger partial charge on any atom is 0.343 e. The van der Waals surface area contributed by atoms with Crippen molar-refractivity contribution >= 4 is 11.9 Å². The molecule has 3 rings (SSSR count). The van der Waals surface area contributed by atoms with E-state index in [9.17, 15) is 9.59 Å². The molecule has 31 heavy (non-hydrogen) atoms. The lowest BCUT2D eigenvalue weighted by Crippen LogP contribution is -2.25. The van der Waals surface area contributed by atoms with Crippen LogP contribution in [0.3, 0.4) is 0 Å². The largest absolute Gasteiger partial charge is 0.490 e. The SMILES string of the molecule is C=CCOc1ccc(OC(=O)c2ccc(OC(=O)[C@H]3CC[C@H](CCC)CC3)cc2)cc1. The quantitative estimate of drug-likeness (QED) is 0.282. The first-order valence-corrected chi connectivity index (χ1v) is 11.0. The van der Waals surface area contributed by atoms with E-state index in [1.54, 1.807) is 54.6 Å².